The Morgan fingerprint density at radius 3 is 1.88 bits per heavy atom. The Bertz CT molecular complexity index is 1100. The molecule has 164 valence electrons. The minimum Gasteiger partial charge on any atom is -0.350 e. The Balaban J connectivity index is 1.44. The highest BCUT2D eigenvalue weighted by Crippen LogP contribution is 2.18. The first-order valence-corrected chi connectivity index (χ1v) is 10.3. The summed E-state index contributed by atoms with van der Waals surface area (Å²) in [6, 6.07) is 20.8. The average Bonchev–Trinajstić information content (AvgIpc) is 2.80. The lowest BCUT2D eigenvalue weighted by Gasteiger charge is -2.12. The molecule has 32 heavy (non-hydrogen) atoms. The van der Waals surface area contributed by atoms with Crippen molar-refractivity contribution in [3.05, 3.63) is 95.1 Å². The predicted molar refractivity (Wildman–Crippen MR) is 126 cm³/mol. The van der Waals surface area contributed by atoms with Gasteiger partial charge in [-0.25, -0.2) is 4.79 Å². The molecule has 3 aromatic carbocycles. The summed E-state index contributed by atoms with van der Waals surface area (Å²) in [5, 5.41) is 11.1. The quantitative estimate of drug-likeness (QED) is 0.425. The zero-order chi connectivity index (χ0) is 22.9. The number of nitrogens with one attached hydrogen (secondary N) is 4. The highest BCUT2D eigenvalue weighted by molar-refractivity contribution is 6.01. The highest BCUT2D eigenvalue weighted by atomic mass is 16.2. The SMILES string of the molecule is Cc1cccc(NC(=O)Nc2ccc(C(=O)NCCNC(=O)c3ccccc3)cc2)c1C. The maximum atomic E-state index is 12.3. The van der Waals surface area contributed by atoms with Crippen LogP contribution in [0.15, 0.2) is 72.8 Å². The molecule has 0 saturated heterocycles. The molecule has 0 aliphatic carbocycles. The number of carbonyl (C=O) groups is 3. The second-order valence-electron chi connectivity index (χ2n) is 7.28. The van der Waals surface area contributed by atoms with Crippen molar-refractivity contribution in [2.75, 3.05) is 23.7 Å². The Hall–Kier alpha value is -4.13. The van der Waals surface area contributed by atoms with Crippen LogP contribution in [0.3, 0.4) is 0 Å². The topological polar surface area (TPSA) is 99.3 Å². The molecule has 0 unspecified atom stereocenters. The van der Waals surface area contributed by atoms with Gasteiger partial charge in [0.2, 0.25) is 0 Å². The van der Waals surface area contributed by atoms with Gasteiger partial charge in [0, 0.05) is 35.6 Å². The second kappa shape index (κ2) is 10.8. The molecule has 0 heterocycles. The summed E-state index contributed by atoms with van der Waals surface area (Å²) in [4.78, 5) is 36.5. The molecule has 7 nitrogen and oxygen atoms in total. The van der Waals surface area contributed by atoms with Gasteiger partial charge in [-0.05, 0) is 67.4 Å². The van der Waals surface area contributed by atoms with E-state index in [2.05, 4.69) is 21.3 Å². The van der Waals surface area contributed by atoms with Crippen molar-refractivity contribution in [2.45, 2.75) is 13.8 Å². The summed E-state index contributed by atoms with van der Waals surface area (Å²) in [5.41, 5.74) is 4.45. The number of aryl methyl sites for hydroxylation is 1. The molecule has 0 aliphatic heterocycles. The van der Waals surface area contributed by atoms with Crippen LogP contribution in [0.4, 0.5) is 16.2 Å². The Morgan fingerprint density at radius 1 is 0.656 bits per heavy atom. The molecule has 0 saturated carbocycles. The smallest absolute Gasteiger partial charge is 0.323 e. The fraction of sp³-hybridized carbons (Fsp3) is 0.160. The third-order valence-corrected chi connectivity index (χ3v) is 4.99. The highest BCUT2D eigenvalue weighted by Gasteiger charge is 2.09. The summed E-state index contributed by atoms with van der Waals surface area (Å²) in [5.74, 6) is -0.445. The van der Waals surface area contributed by atoms with Crippen molar-refractivity contribution in [3.8, 4) is 0 Å². The monoisotopic (exact) mass is 430 g/mol. The maximum absolute atomic E-state index is 12.3. The van der Waals surface area contributed by atoms with Gasteiger partial charge in [0.1, 0.15) is 0 Å². The zero-order valence-electron chi connectivity index (χ0n) is 18.1. The Kier molecular flexibility index (Phi) is 7.59. The van der Waals surface area contributed by atoms with Crippen LogP contribution in [0.2, 0.25) is 0 Å². The van der Waals surface area contributed by atoms with E-state index in [0.29, 0.717) is 29.9 Å². The largest absolute Gasteiger partial charge is 0.350 e. The van der Waals surface area contributed by atoms with E-state index < -0.39 is 0 Å². The van der Waals surface area contributed by atoms with Gasteiger partial charge in [-0.3, -0.25) is 9.59 Å². The third kappa shape index (κ3) is 6.18. The average molecular weight is 431 g/mol. The molecule has 0 aliphatic rings. The van der Waals surface area contributed by atoms with Crippen molar-refractivity contribution in [3.63, 3.8) is 0 Å². The Morgan fingerprint density at radius 2 is 1.25 bits per heavy atom. The third-order valence-electron chi connectivity index (χ3n) is 4.99. The fourth-order valence-electron chi connectivity index (χ4n) is 3.02. The first kappa shape index (κ1) is 22.6. The van der Waals surface area contributed by atoms with Crippen LogP contribution >= 0.6 is 0 Å². The summed E-state index contributed by atoms with van der Waals surface area (Å²) < 4.78 is 0. The van der Waals surface area contributed by atoms with Gasteiger partial charge >= 0.3 is 6.03 Å². The Labute approximate surface area is 187 Å². The summed E-state index contributed by atoms with van der Waals surface area (Å²) in [7, 11) is 0. The van der Waals surface area contributed by atoms with E-state index in [1.807, 2.05) is 38.1 Å². The van der Waals surface area contributed by atoms with Gasteiger partial charge < -0.3 is 21.3 Å². The minimum atomic E-state index is -0.356. The first-order valence-electron chi connectivity index (χ1n) is 10.3. The molecule has 4 N–H and O–H groups in total. The molecule has 0 aromatic heterocycles. The van der Waals surface area contributed by atoms with Crippen LogP contribution in [0.1, 0.15) is 31.8 Å². The van der Waals surface area contributed by atoms with Crippen LogP contribution in [0.5, 0.6) is 0 Å². The molecule has 4 amide bonds. The lowest BCUT2D eigenvalue weighted by Crippen LogP contribution is -2.34. The number of hydrogen-bond acceptors (Lipinski definition) is 3. The van der Waals surface area contributed by atoms with Gasteiger partial charge in [-0.2, -0.15) is 0 Å². The molecule has 0 spiro atoms. The van der Waals surface area contributed by atoms with E-state index in [0.717, 1.165) is 16.8 Å². The number of urea groups is 1. The molecule has 0 fully saturated rings. The van der Waals surface area contributed by atoms with Crippen molar-refractivity contribution in [1.82, 2.24) is 10.6 Å². The van der Waals surface area contributed by atoms with Crippen LogP contribution in [0, 0.1) is 13.8 Å². The molecule has 7 heteroatoms. The van der Waals surface area contributed by atoms with Crippen LogP contribution in [0.25, 0.3) is 0 Å². The van der Waals surface area contributed by atoms with Crippen LogP contribution in [-0.2, 0) is 0 Å². The lowest BCUT2D eigenvalue weighted by atomic mass is 10.1. The number of carbonyl (C=O) groups excluding carboxylic acids is 3. The predicted octanol–water partition coefficient (Wildman–Crippen LogP) is 4.11. The fourth-order valence-corrected chi connectivity index (χ4v) is 3.02. The molecule has 3 aromatic rings. The molecule has 0 bridgehead atoms. The van der Waals surface area contributed by atoms with Gasteiger partial charge in [0.15, 0.2) is 0 Å². The van der Waals surface area contributed by atoms with E-state index in [9.17, 15) is 14.4 Å². The van der Waals surface area contributed by atoms with Gasteiger partial charge in [-0.15, -0.1) is 0 Å². The van der Waals surface area contributed by atoms with E-state index >= 15 is 0 Å². The summed E-state index contributed by atoms with van der Waals surface area (Å²) in [6.45, 7) is 4.55. The van der Waals surface area contributed by atoms with Crippen LogP contribution < -0.4 is 21.3 Å². The second-order valence-corrected chi connectivity index (χ2v) is 7.28. The van der Waals surface area contributed by atoms with E-state index in [-0.39, 0.29) is 17.8 Å². The van der Waals surface area contributed by atoms with Crippen molar-refractivity contribution >= 4 is 29.2 Å². The molecular weight excluding hydrogens is 404 g/mol. The van der Waals surface area contributed by atoms with E-state index in [1.165, 1.54) is 0 Å². The number of hydrogen-bond donors (Lipinski definition) is 4. The maximum Gasteiger partial charge on any atom is 0.323 e. The summed E-state index contributed by atoms with van der Waals surface area (Å²) >= 11 is 0. The van der Waals surface area contributed by atoms with Crippen molar-refractivity contribution < 1.29 is 14.4 Å². The van der Waals surface area contributed by atoms with Crippen molar-refractivity contribution in [2.24, 2.45) is 0 Å². The van der Waals surface area contributed by atoms with Crippen molar-refractivity contribution in [1.29, 1.82) is 0 Å². The normalized spacial score (nSPS) is 10.2. The molecular formula is C25H26N4O3. The lowest BCUT2D eigenvalue weighted by molar-refractivity contribution is 0.0927. The number of anilines is 2. The zero-order valence-corrected chi connectivity index (χ0v) is 18.1. The molecule has 0 atom stereocenters. The van der Waals surface area contributed by atoms with Gasteiger partial charge in [0.05, 0.1) is 0 Å². The first-order chi connectivity index (χ1) is 15.4. The number of benzene rings is 3. The van der Waals surface area contributed by atoms with Gasteiger partial charge in [0.25, 0.3) is 11.8 Å². The van der Waals surface area contributed by atoms with Crippen LogP contribution in [-0.4, -0.2) is 30.9 Å². The minimum absolute atomic E-state index is 0.186. The number of amides is 4. The summed E-state index contributed by atoms with van der Waals surface area (Å²) in [6.07, 6.45) is 0. The standard InChI is InChI=1S/C25H26N4O3/c1-17-7-6-10-22(18(17)2)29-25(32)28-21-13-11-20(12-14-21)24(31)27-16-15-26-23(30)19-8-4-3-5-9-19/h3-14H,15-16H2,1-2H3,(H,26,30)(H,27,31)(H2,28,29,32). The molecule has 0 radical (unpaired) electrons. The van der Waals surface area contributed by atoms with E-state index in [4.69, 9.17) is 0 Å². The molecule has 3 rings (SSSR count). The number of rotatable bonds is 7. The van der Waals surface area contributed by atoms with E-state index in [1.54, 1.807) is 48.5 Å². The van der Waals surface area contributed by atoms with Gasteiger partial charge in [-0.1, -0.05) is 30.3 Å².